The number of hydrogen-bond donors (Lipinski definition) is 3. The number of urea groups is 1. The van der Waals surface area contributed by atoms with Crippen LogP contribution < -0.4 is 21.5 Å². The Hall–Kier alpha value is -4.35. The zero-order valence-electron chi connectivity index (χ0n) is 17.8. The molecule has 9 heteroatoms. The molecule has 8 nitrogen and oxygen atoms in total. The molecule has 4 rings (SSSR count). The van der Waals surface area contributed by atoms with Gasteiger partial charge in [-0.2, -0.15) is 5.26 Å². The number of anilines is 3. The van der Waals surface area contributed by atoms with Gasteiger partial charge in [0.2, 0.25) is 0 Å². The Morgan fingerprint density at radius 2 is 1.88 bits per heavy atom. The van der Waals surface area contributed by atoms with Crippen molar-refractivity contribution in [2.75, 3.05) is 23.0 Å². The molecule has 0 saturated carbocycles. The Bertz CT molecular complexity index is 1490. The summed E-state index contributed by atoms with van der Waals surface area (Å²) in [5, 5.41) is 18.7. The number of nitrogens with one attached hydrogen (secondary N) is 3. The number of para-hydroxylation sites is 1. The molecule has 0 atom stereocenters. The third-order valence-corrected chi connectivity index (χ3v) is 5.50. The minimum absolute atomic E-state index is 0.234. The van der Waals surface area contributed by atoms with E-state index >= 15 is 0 Å². The number of rotatable bonds is 4. The van der Waals surface area contributed by atoms with Gasteiger partial charge in [0.1, 0.15) is 11.9 Å². The van der Waals surface area contributed by atoms with E-state index in [9.17, 15) is 14.9 Å². The number of aromatic nitrogens is 2. The smallest absolute Gasteiger partial charge is 0.323 e. The maximum atomic E-state index is 13.1. The highest BCUT2D eigenvalue weighted by Crippen LogP contribution is 2.30. The second-order valence-electron chi connectivity index (χ2n) is 7.23. The van der Waals surface area contributed by atoms with Gasteiger partial charge in [-0.3, -0.25) is 4.79 Å². The van der Waals surface area contributed by atoms with Crippen LogP contribution in [-0.4, -0.2) is 22.6 Å². The SMILES string of the molecule is CNc1cc2c(cn1)cc(-c1cc(NC(=O)Nc3ccccc3C#N)ccc1Cl)c(=O)n2C. The summed E-state index contributed by atoms with van der Waals surface area (Å²) in [7, 11) is 3.44. The summed E-state index contributed by atoms with van der Waals surface area (Å²) in [6, 6.07) is 16.6. The van der Waals surface area contributed by atoms with Crippen molar-refractivity contribution < 1.29 is 4.79 Å². The first-order chi connectivity index (χ1) is 15.9. The van der Waals surface area contributed by atoms with E-state index in [2.05, 4.69) is 20.9 Å². The minimum atomic E-state index is -0.527. The van der Waals surface area contributed by atoms with Gasteiger partial charge in [-0.1, -0.05) is 23.7 Å². The van der Waals surface area contributed by atoms with Crippen LogP contribution in [0.1, 0.15) is 5.56 Å². The molecule has 0 aliphatic heterocycles. The third-order valence-electron chi connectivity index (χ3n) is 5.17. The number of nitriles is 1. The molecule has 3 N–H and O–H groups in total. The molecule has 0 radical (unpaired) electrons. The quantitative estimate of drug-likeness (QED) is 0.406. The zero-order valence-corrected chi connectivity index (χ0v) is 18.6. The maximum absolute atomic E-state index is 13.1. The van der Waals surface area contributed by atoms with E-state index in [-0.39, 0.29) is 5.56 Å². The Morgan fingerprint density at radius 1 is 1.09 bits per heavy atom. The number of aryl methyl sites for hydroxylation is 1. The molecule has 2 aromatic carbocycles. The molecular weight excluding hydrogens is 440 g/mol. The lowest BCUT2D eigenvalue weighted by atomic mass is 10.0. The first-order valence-electron chi connectivity index (χ1n) is 9.96. The number of hydrogen-bond acceptors (Lipinski definition) is 5. The van der Waals surface area contributed by atoms with Gasteiger partial charge < -0.3 is 20.5 Å². The first kappa shape index (κ1) is 21.9. The lowest BCUT2D eigenvalue weighted by molar-refractivity contribution is 0.262. The molecule has 0 bridgehead atoms. The van der Waals surface area contributed by atoms with Crippen molar-refractivity contribution in [2.45, 2.75) is 0 Å². The van der Waals surface area contributed by atoms with E-state index in [1.807, 2.05) is 6.07 Å². The summed E-state index contributed by atoms with van der Waals surface area (Å²) < 4.78 is 1.54. The van der Waals surface area contributed by atoms with E-state index in [0.717, 1.165) is 10.9 Å². The fraction of sp³-hybridized carbons (Fsp3) is 0.0833. The van der Waals surface area contributed by atoms with Crippen LogP contribution >= 0.6 is 11.6 Å². The van der Waals surface area contributed by atoms with Crippen molar-refractivity contribution >= 4 is 45.7 Å². The summed E-state index contributed by atoms with van der Waals surface area (Å²) in [6.45, 7) is 0. The second kappa shape index (κ2) is 9.02. The molecule has 33 heavy (non-hydrogen) atoms. The molecular formula is C24H19ClN6O2. The molecule has 0 unspecified atom stereocenters. The van der Waals surface area contributed by atoms with Crippen LogP contribution in [-0.2, 0) is 7.05 Å². The van der Waals surface area contributed by atoms with Crippen LogP contribution in [0.5, 0.6) is 0 Å². The third kappa shape index (κ3) is 4.35. The van der Waals surface area contributed by atoms with Gasteiger partial charge in [-0.05, 0) is 36.4 Å². The molecule has 0 aliphatic carbocycles. The summed E-state index contributed by atoms with van der Waals surface area (Å²) in [5.74, 6) is 0.651. The van der Waals surface area contributed by atoms with Crippen molar-refractivity contribution in [3.8, 4) is 17.2 Å². The summed E-state index contributed by atoms with van der Waals surface area (Å²) >= 11 is 6.42. The zero-order chi connectivity index (χ0) is 23.5. The van der Waals surface area contributed by atoms with Gasteiger partial charge in [-0.25, -0.2) is 9.78 Å². The van der Waals surface area contributed by atoms with Crippen molar-refractivity contribution in [1.29, 1.82) is 5.26 Å². The summed E-state index contributed by atoms with van der Waals surface area (Å²) in [5.41, 5.74) is 2.53. The molecule has 2 aromatic heterocycles. The number of fused-ring (bicyclic) bond motifs is 1. The second-order valence-corrected chi connectivity index (χ2v) is 7.64. The number of benzene rings is 2. The summed E-state index contributed by atoms with van der Waals surface area (Å²) in [4.78, 5) is 29.9. The Labute approximate surface area is 194 Å². The fourth-order valence-corrected chi connectivity index (χ4v) is 3.70. The van der Waals surface area contributed by atoms with E-state index in [1.165, 1.54) is 4.57 Å². The Kier molecular flexibility index (Phi) is 5.98. The number of amides is 2. The van der Waals surface area contributed by atoms with Crippen LogP contribution in [0.3, 0.4) is 0 Å². The largest absolute Gasteiger partial charge is 0.373 e. The van der Waals surface area contributed by atoms with Gasteiger partial charge in [0, 0.05) is 53.6 Å². The fourth-order valence-electron chi connectivity index (χ4n) is 3.48. The molecule has 0 spiro atoms. The standard InChI is InChI=1S/C24H19ClN6O2/c1-27-22-11-21-15(13-28-22)9-18(23(32)31(21)2)17-10-16(7-8-19(17)25)29-24(33)30-20-6-4-3-5-14(20)12-26/h3-11,13H,1-2H3,(H,27,28)(H2,29,30,33). The lowest BCUT2D eigenvalue weighted by Crippen LogP contribution is -2.21. The molecule has 0 fully saturated rings. The number of halogens is 1. The maximum Gasteiger partial charge on any atom is 0.323 e. The normalized spacial score (nSPS) is 10.5. The summed E-state index contributed by atoms with van der Waals surface area (Å²) in [6.07, 6.45) is 1.68. The van der Waals surface area contributed by atoms with Crippen LogP contribution in [0.2, 0.25) is 5.02 Å². The number of carbonyl (C=O) groups is 1. The lowest BCUT2D eigenvalue weighted by Gasteiger charge is -2.13. The molecule has 4 aromatic rings. The molecule has 2 heterocycles. The van der Waals surface area contributed by atoms with Crippen molar-refractivity contribution in [3.63, 3.8) is 0 Å². The molecule has 0 aliphatic rings. The predicted octanol–water partition coefficient (Wildman–Crippen LogP) is 4.81. The van der Waals surface area contributed by atoms with Crippen LogP contribution in [0, 0.1) is 11.3 Å². The van der Waals surface area contributed by atoms with Crippen LogP contribution in [0.15, 0.2) is 65.6 Å². The van der Waals surface area contributed by atoms with Crippen LogP contribution in [0.4, 0.5) is 22.0 Å². The monoisotopic (exact) mass is 458 g/mol. The highest BCUT2D eigenvalue weighted by Gasteiger charge is 2.14. The molecule has 2 amide bonds. The van der Waals surface area contributed by atoms with Gasteiger partial charge in [0.05, 0.1) is 16.8 Å². The first-order valence-corrected chi connectivity index (χ1v) is 10.3. The van der Waals surface area contributed by atoms with E-state index < -0.39 is 6.03 Å². The number of nitrogens with zero attached hydrogens (tertiary/aromatic N) is 3. The Morgan fingerprint density at radius 3 is 2.64 bits per heavy atom. The van der Waals surface area contributed by atoms with Crippen molar-refractivity contribution in [3.05, 3.63) is 81.7 Å². The highest BCUT2D eigenvalue weighted by molar-refractivity contribution is 6.33. The van der Waals surface area contributed by atoms with Gasteiger partial charge in [-0.15, -0.1) is 0 Å². The Balaban J connectivity index is 1.69. The van der Waals surface area contributed by atoms with Crippen LogP contribution in [0.25, 0.3) is 22.0 Å². The number of carbonyl (C=O) groups excluding carboxylic acids is 1. The van der Waals surface area contributed by atoms with Crippen molar-refractivity contribution in [1.82, 2.24) is 9.55 Å². The highest BCUT2D eigenvalue weighted by atomic mass is 35.5. The van der Waals surface area contributed by atoms with E-state index in [4.69, 9.17) is 11.6 Å². The minimum Gasteiger partial charge on any atom is -0.373 e. The van der Waals surface area contributed by atoms with Crippen molar-refractivity contribution in [2.24, 2.45) is 7.05 Å². The number of pyridine rings is 2. The topological polar surface area (TPSA) is 112 Å². The molecule has 0 saturated heterocycles. The predicted molar refractivity (Wildman–Crippen MR) is 131 cm³/mol. The van der Waals surface area contributed by atoms with Gasteiger partial charge in [0.25, 0.3) is 5.56 Å². The van der Waals surface area contributed by atoms with Gasteiger partial charge >= 0.3 is 6.03 Å². The molecule has 164 valence electrons. The van der Waals surface area contributed by atoms with Gasteiger partial charge in [0.15, 0.2) is 0 Å². The van der Waals surface area contributed by atoms with E-state index in [0.29, 0.717) is 38.9 Å². The average molecular weight is 459 g/mol. The average Bonchev–Trinajstić information content (AvgIpc) is 2.82. The van der Waals surface area contributed by atoms with E-state index in [1.54, 1.807) is 74.9 Å².